The van der Waals surface area contributed by atoms with Crippen molar-refractivity contribution in [2.75, 3.05) is 25.0 Å². The molecule has 0 radical (unpaired) electrons. The SMILES string of the molecule is C#CCN1CCC(Nc2ccc(C#N)c(Cl)c2)CC1. The topological polar surface area (TPSA) is 39.1 Å². The molecule has 1 saturated heterocycles. The van der Waals surface area contributed by atoms with E-state index < -0.39 is 0 Å². The molecule has 0 atom stereocenters. The maximum atomic E-state index is 8.83. The predicted octanol–water partition coefficient (Wildman–Crippen LogP) is 2.72. The molecule has 0 aliphatic carbocycles. The van der Waals surface area contributed by atoms with Gasteiger partial charge in [0.15, 0.2) is 0 Å². The van der Waals surface area contributed by atoms with Gasteiger partial charge in [-0.1, -0.05) is 17.5 Å². The van der Waals surface area contributed by atoms with Crippen LogP contribution < -0.4 is 5.32 Å². The maximum absolute atomic E-state index is 8.83. The van der Waals surface area contributed by atoms with Crippen LogP contribution in [0, 0.1) is 23.7 Å². The highest BCUT2D eigenvalue weighted by Crippen LogP contribution is 2.22. The first-order valence-corrected chi connectivity index (χ1v) is 6.72. The lowest BCUT2D eigenvalue weighted by Crippen LogP contribution is -2.39. The summed E-state index contributed by atoms with van der Waals surface area (Å²) in [5.74, 6) is 2.68. The Labute approximate surface area is 119 Å². The number of nitrogens with zero attached hydrogens (tertiary/aromatic N) is 2. The second-order valence-electron chi connectivity index (χ2n) is 4.71. The van der Waals surface area contributed by atoms with Crippen LogP contribution in [0.2, 0.25) is 5.02 Å². The van der Waals surface area contributed by atoms with Crippen LogP contribution in [0.25, 0.3) is 0 Å². The quantitative estimate of drug-likeness (QED) is 0.861. The number of nitrogens with one attached hydrogen (secondary N) is 1. The molecule has 0 unspecified atom stereocenters. The summed E-state index contributed by atoms with van der Waals surface area (Å²) in [5.41, 5.74) is 1.48. The van der Waals surface area contributed by atoms with E-state index in [0.717, 1.165) is 38.2 Å². The summed E-state index contributed by atoms with van der Waals surface area (Å²) in [6.45, 7) is 2.77. The van der Waals surface area contributed by atoms with Crippen LogP contribution in [0.1, 0.15) is 18.4 Å². The monoisotopic (exact) mass is 273 g/mol. The molecule has 1 aromatic rings. The van der Waals surface area contributed by atoms with Gasteiger partial charge >= 0.3 is 0 Å². The fraction of sp³-hybridized carbons (Fsp3) is 0.400. The lowest BCUT2D eigenvalue weighted by Gasteiger charge is -2.31. The molecule has 2 rings (SSSR count). The highest BCUT2D eigenvalue weighted by molar-refractivity contribution is 6.32. The number of terminal acetylenes is 1. The minimum atomic E-state index is 0.443. The highest BCUT2D eigenvalue weighted by Gasteiger charge is 2.18. The minimum Gasteiger partial charge on any atom is -0.382 e. The Morgan fingerprint density at radius 3 is 2.74 bits per heavy atom. The number of hydrogen-bond donors (Lipinski definition) is 1. The van der Waals surface area contributed by atoms with E-state index in [-0.39, 0.29) is 0 Å². The van der Waals surface area contributed by atoms with Gasteiger partial charge in [0, 0.05) is 24.8 Å². The standard InChI is InChI=1S/C15H16ClN3/c1-2-7-19-8-5-13(6-9-19)18-14-4-3-12(11-17)15(16)10-14/h1,3-4,10,13,18H,5-9H2. The van der Waals surface area contributed by atoms with Crippen molar-refractivity contribution in [2.45, 2.75) is 18.9 Å². The second-order valence-corrected chi connectivity index (χ2v) is 5.11. The number of benzene rings is 1. The van der Waals surface area contributed by atoms with Gasteiger partial charge in [-0.05, 0) is 31.0 Å². The van der Waals surface area contributed by atoms with Gasteiger partial charge in [-0.15, -0.1) is 6.42 Å². The zero-order valence-corrected chi connectivity index (χ0v) is 11.5. The number of halogens is 1. The molecule has 19 heavy (non-hydrogen) atoms. The predicted molar refractivity (Wildman–Crippen MR) is 78.1 cm³/mol. The van der Waals surface area contributed by atoms with E-state index in [1.807, 2.05) is 12.1 Å². The lowest BCUT2D eigenvalue weighted by atomic mass is 10.0. The van der Waals surface area contributed by atoms with E-state index in [2.05, 4.69) is 22.2 Å². The first-order chi connectivity index (χ1) is 9.22. The molecule has 1 aliphatic heterocycles. The average Bonchev–Trinajstić information content (AvgIpc) is 2.42. The molecule has 0 amide bonds. The van der Waals surface area contributed by atoms with Crippen LogP contribution in [0.3, 0.4) is 0 Å². The van der Waals surface area contributed by atoms with E-state index in [1.165, 1.54) is 0 Å². The van der Waals surface area contributed by atoms with Gasteiger partial charge in [-0.25, -0.2) is 0 Å². The molecule has 0 spiro atoms. The molecule has 3 nitrogen and oxygen atoms in total. The molecule has 98 valence electrons. The number of nitriles is 1. The number of likely N-dealkylation sites (tertiary alicyclic amines) is 1. The van der Waals surface area contributed by atoms with Crippen molar-refractivity contribution >= 4 is 17.3 Å². The van der Waals surface area contributed by atoms with Crippen molar-refractivity contribution in [3.05, 3.63) is 28.8 Å². The second kappa shape index (κ2) is 6.48. The molecular formula is C15H16ClN3. The molecule has 1 heterocycles. The van der Waals surface area contributed by atoms with Gasteiger partial charge in [0.1, 0.15) is 6.07 Å². The Morgan fingerprint density at radius 2 is 2.16 bits per heavy atom. The Morgan fingerprint density at radius 1 is 1.42 bits per heavy atom. The Kier molecular flexibility index (Phi) is 4.68. The van der Waals surface area contributed by atoms with Crippen LogP contribution in [-0.2, 0) is 0 Å². The van der Waals surface area contributed by atoms with Crippen LogP contribution >= 0.6 is 11.6 Å². The van der Waals surface area contributed by atoms with Gasteiger partial charge < -0.3 is 5.32 Å². The lowest BCUT2D eigenvalue weighted by molar-refractivity contribution is 0.243. The van der Waals surface area contributed by atoms with Crippen LogP contribution in [0.4, 0.5) is 5.69 Å². The Bertz CT molecular complexity index is 519. The van der Waals surface area contributed by atoms with Gasteiger partial charge in [0.25, 0.3) is 0 Å². The maximum Gasteiger partial charge on any atom is 0.101 e. The number of anilines is 1. The number of rotatable bonds is 3. The zero-order valence-electron chi connectivity index (χ0n) is 10.7. The van der Waals surface area contributed by atoms with Crippen LogP contribution in [-0.4, -0.2) is 30.6 Å². The van der Waals surface area contributed by atoms with Gasteiger partial charge in [-0.3, -0.25) is 4.90 Å². The fourth-order valence-electron chi connectivity index (χ4n) is 2.30. The molecule has 1 N–H and O–H groups in total. The fourth-order valence-corrected chi connectivity index (χ4v) is 2.52. The third kappa shape index (κ3) is 3.64. The summed E-state index contributed by atoms with van der Waals surface area (Å²) >= 11 is 6.02. The molecule has 1 aliphatic rings. The highest BCUT2D eigenvalue weighted by atomic mass is 35.5. The third-order valence-electron chi connectivity index (χ3n) is 3.36. The van der Waals surface area contributed by atoms with Gasteiger partial charge in [-0.2, -0.15) is 5.26 Å². The normalized spacial score (nSPS) is 16.6. The van der Waals surface area contributed by atoms with E-state index in [4.69, 9.17) is 23.3 Å². The smallest absolute Gasteiger partial charge is 0.101 e. The largest absolute Gasteiger partial charge is 0.382 e. The van der Waals surface area contributed by atoms with Crippen molar-refractivity contribution in [1.29, 1.82) is 5.26 Å². The van der Waals surface area contributed by atoms with E-state index in [9.17, 15) is 0 Å². The summed E-state index contributed by atoms with van der Waals surface area (Å²) in [5, 5.41) is 12.8. The molecule has 1 aromatic carbocycles. The molecule has 4 heteroatoms. The Hall–Kier alpha value is -1.68. The third-order valence-corrected chi connectivity index (χ3v) is 3.68. The molecule has 0 bridgehead atoms. The molecule has 0 aromatic heterocycles. The van der Waals surface area contributed by atoms with E-state index >= 15 is 0 Å². The van der Waals surface area contributed by atoms with Crippen molar-refractivity contribution in [3.63, 3.8) is 0 Å². The molecule has 1 fully saturated rings. The van der Waals surface area contributed by atoms with Crippen molar-refractivity contribution in [2.24, 2.45) is 0 Å². The first-order valence-electron chi connectivity index (χ1n) is 6.35. The van der Waals surface area contributed by atoms with Gasteiger partial charge in [0.2, 0.25) is 0 Å². The molecule has 0 saturated carbocycles. The van der Waals surface area contributed by atoms with Crippen molar-refractivity contribution in [3.8, 4) is 18.4 Å². The summed E-state index contributed by atoms with van der Waals surface area (Å²) < 4.78 is 0. The summed E-state index contributed by atoms with van der Waals surface area (Å²) in [6, 6.07) is 7.97. The van der Waals surface area contributed by atoms with Crippen LogP contribution in [0.15, 0.2) is 18.2 Å². The molecular weight excluding hydrogens is 258 g/mol. The minimum absolute atomic E-state index is 0.443. The zero-order chi connectivity index (χ0) is 13.7. The van der Waals surface area contributed by atoms with E-state index in [0.29, 0.717) is 16.6 Å². The summed E-state index contributed by atoms with van der Waals surface area (Å²) in [4.78, 5) is 2.28. The van der Waals surface area contributed by atoms with Crippen molar-refractivity contribution < 1.29 is 0 Å². The van der Waals surface area contributed by atoms with Gasteiger partial charge in [0.05, 0.1) is 17.1 Å². The van der Waals surface area contributed by atoms with Crippen molar-refractivity contribution in [1.82, 2.24) is 4.90 Å². The first kappa shape index (κ1) is 13.7. The number of hydrogen-bond acceptors (Lipinski definition) is 3. The summed E-state index contributed by atoms with van der Waals surface area (Å²) in [7, 11) is 0. The Balaban J connectivity index is 1.91. The average molecular weight is 274 g/mol. The van der Waals surface area contributed by atoms with E-state index in [1.54, 1.807) is 6.07 Å². The number of piperidine rings is 1. The summed E-state index contributed by atoms with van der Waals surface area (Å²) in [6.07, 6.45) is 7.45. The van der Waals surface area contributed by atoms with Crippen LogP contribution in [0.5, 0.6) is 0 Å².